The zero-order valence-corrected chi connectivity index (χ0v) is 8.72. The number of ketones is 1. The highest BCUT2D eigenvalue weighted by molar-refractivity contribution is 5.85. The third kappa shape index (κ3) is 2.56. The average Bonchev–Trinajstić information content (AvgIpc) is 2.19. The van der Waals surface area contributed by atoms with Crippen LogP contribution in [0.3, 0.4) is 0 Å². The molecule has 1 fully saturated rings. The zero-order chi connectivity index (χ0) is 9.10. The molecule has 1 aliphatic rings. The van der Waals surface area contributed by atoms with E-state index in [-0.39, 0.29) is 18.4 Å². The average molecular weight is 212 g/mol. The number of carbonyl (C=O) groups excluding carboxylic acids is 1. The van der Waals surface area contributed by atoms with Crippen LogP contribution in [0.5, 0.6) is 0 Å². The lowest BCUT2D eigenvalue weighted by molar-refractivity contribution is -0.120. The molecule has 0 aromatic heterocycles. The topological polar surface area (TPSA) is 29.1 Å². The second-order valence-electron chi connectivity index (χ2n) is 3.41. The van der Waals surface area contributed by atoms with Crippen molar-refractivity contribution < 1.29 is 4.79 Å². The maximum atomic E-state index is 11.2. The Balaban J connectivity index is 0.000000980. The van der Waals surface area contributed by atoms with E-state index in [4.69, 9.17) is 0 Å². The van der Waals surface area contributed by atoms with E-state index in [1.54, 1.807) is 0 Å². The van der Waals surface area contributed by atoms with Crippen LogP contribution >= 0.6 is 12.4 Å². The van der Waals surface area contributed by atoms with Crippen LogP contribution in [0.2, 0.25) is 0 Å². The van der Waals surface area contributed by atoms with Crippen molar-refractivity contribution in [3.63, 3.8) is 0 Å². The molecule has 2 rings (SSSR count). The van der Waals surface area contributed by atoms with Crippen LogP contribution < -0.4 is 5.32 Å². The first-order valence-corrected chi connectivity index (χ1v) is 4.66. The summed E-state index contributed by atoms with van der Waals surface area (Å²) in [6.07, 6.45) is 1.33. The van der Waals surface area contributed by atoms with E-state index in [0.717, 1.165) is 6.54 Å². The van der Waals surface area contributed by atoms with E-state index in [9.17, 15) is 4.79 Å². The second kappa shape index (κ2) is 5.13. The number of benzene rings is 1. The third-order valence-electron chi connectivity index (χ3n) is 2.43. The quantitative estimate of drug-likeness (QED) is 0.771. The summed E-state index contributed by atoms with van der Waals surface area (Å²) in [6, 6.07) is 10.4. The molecule has 0 amide bonds. The molecular weight excluding hydrogens is 198 g/mol. The molecule has 1 N–H and O–H groups in total. The van der Waals surface area contributed by atoms with Crippen LogP contribution in [0.25, 0.3) is 0 Å². The summed E-state index contributed by atoms with van der Waals surface area (Å²) < 4.78 is 0. The van der Waals surface area contributed by atoms with Gasteiger partial charge < -0.3 is 5.32 Å². The monoisotopic (exact) mass is 211 g/mol. The second-order valence-corrected chi connectivity index (χ2v) is 3.41. The number of halogens is 1. The molecule has 0 bridgehead atoms. The van der Waals surface area contributed by atoms with Crippen molar-refractivity contribution in [3.05, 3.63) is 35.9 Å². The van der Waals surface area contributed by atoms with Crippen LogP contribution in [-0.2, 0) is 4.79 Å². The molecule has 0 radical (unpaired) electrons. The maximum absolute atomic E-state index is 11.2. The summed E-state index contributed by atoms with van der Waals surface area (Å²) in [5, 5.41) is 3.34. The summed E-state index contributed by atoms with van der Waals surface area (Å²) in [5.41, 5.74) is 1.22. The minimum absolute atomic E-state index is 0. The number of carbonyl (C=O) groups is 1. The summed E-state index contributed by atoms with van der Waals surface area (Å²) >= 11 is 0. The lowest BCUT2D eigenvalue weighted by Crippen LogP contribution is -2.31. The number of hydrogen-bond donors (Lipinski definition) is 1. The fraction of sp³-hybridized carbons (Fsp3) is 0.364. The van der Waals surface area contributed by atoms with E-state index in [1.807, 2.05) is 18.2 Å². The summed E-state index contributed by atoms with van der Waals surface area (Å²) in [6.45, 7) is 0.818. The lowest BCUT2D eigenvalue weighted by Gasteiger charge is -2.22. The van der Waals surface area contributed by atoms with Crippen LogP contribution in [0, 0.1) is 0 Å². The van der Waals surface area contributed by atoms with E-state index in [2.05, 4.69) is 17.4 Å². The van der Waals surface area contributed by atoms with E-state index in [1.165, 1.54) is 5.56 Å². The Kier molecular flexibility index (Phi) is 4.11. The molecule has 3 heteroatoms. The normalized spacial score (nSPS) is 21.4. The van der Waals surface area contributed by atoms with E-state index >= 15 is 0 Å². The van der Waals surface area contributed by atoms with Crippen molar-refractivity contribution in [2.24, 2.45) is 0 Å². The van der Waals surface area contributed by atoms with Crippen molar-refractivity contribution in [2.75, 3.05) is 6.54 Å². The molecule has 2 nitrogen and oxygen atoms in total. The molecule has 76 valence electrons. The maximum Gasteiger partial charge on any atom is 0.136 e. The number of nitrogens with one attached hydrogen (secondary N) is 1. The lowest BCUT2D eigenvalue weighted by atomic mass is 9.97. The van der Waals surface area contributed by atoms with Crippen molar-refractivity contribution in [3.8, 4) is 0 Å². The summed E-state index contributed by atoms with van der Waals surface area (Å²) in [5.74, 6) is 0.368. The highest BCUT2D eigenvalue weighted by Crippen LogP contribution is 2.20. The van der Waals surface area contributed by atoms with Crippen LogP contribution in [0.4, 0.5) is 0 Å². The Bertz CT molecular complexity index is 299. The van der Waals surface area contributed by atoms with Gasteiger partial charge >= 0.3 is 0 Å². The number of Topliss-reactive ketones (excluding diaryl/α,β-unsaturated/α-hetero) is 1. The molecule has 1 atom stereocenters. The van der Waals surface area contributed by atoms with Gasteiger partial charge in [0.25, 0.3) is 0 Å². The molecule has 0 unspecified atom stereocenters. The van der Waals surface area contributed by atoms with Gasteiger partial charge in [-0.1, -0.05) is 30.3 Å². The molecule has 1 aliphatic heterocycles. The zero-order valence-electron chi connectivity index (χ0n) is 7.90. The molecule has 1 saturated heterocycles. The Morgan fingerprint density at radius 3 is 2.57 bits per heavy atom. The van der Waals surface area contributed by atoms with Gasteiger partial charge in [0.2, 0.25) is 0 Å². The number of rotatable bonds is 1. The van der Waals surface area contributed by atoms with Crippen LogP contribution in [-0.4, -0.2) is 12.3 Å². The predicted molar refractivity (Wildman–Crippen MR) is 58.7 cm³/mol. The molecule has 14 heavy (non-hydrogen) atoms. The van der Waals surface area contributed by atoms with Crippen molar-refractivity contribution in [2.45, 2.75) is 18.9 Å². The Morgan fingerprint density at radius 2 is 1.93 bits per heavy atom. The fourth-order valence-electron chi connectivity index (χ4n) is 1.71. The molecule has 1 heterocycles. The Labute approximate surface area is 90.1 Å². The van der Waals surface area contributed by atoms with Gasteiger partial charge in [0.15, 0.2) is 0 Å². The molecule has 0 aliphatic carbocycles. The first-order chi connectivity index (χ1) is 6.36. The number of piperidine rings is 1. The van der Waals surface area contributed by atoms with Gasteiger partial charge in [-0.25, -0.2) is 0 Å². The molecule has 1 aromatic rings. The van der Waals surface area contributed by atoms with Gasteiger partial charge in [0.05, 0.1) is 0 Å². The van der Waals surface area contributed by atoms with Gasteiger partial charge in [-0.3, -0.25) is 4.79 Å². The Morgan fingerprint density at radius 1 is 1.21 bits per heavy atom. The highest BCUT2D eigenvalue weighted by Gasteiger charge is 2.19. The third-order valence-corrected chi connectivity index (χ3v) is 2.43. The van der Waals surface area contributed by atoms with Gasteiger partial charge in [-0.2, -0.15) is 0 Å². The smallest absolute Gasteiger partial charge is 0.136 e. The molecule has 0 spiro atoms. The van der Waals surface area contributed by atoms with Crippen molar-refractivity contribution in [1.82, 2.24) is 5.32 Å². The van der Waals surface area contributed by atoms with Gasteiger partial charge in [-0.05, 0) is 5.56 Å². The van der Waals surface area contributed by atoms with E-state index in [0.29, 0.717) is 18.6 Å². The van der Waals surface area contributed by atoms with E-state index < -0.39 is 0 Å². The molecule has 1 aromatic carbocycles. The fourth-order valence-corrected chi connectivity index (χ4v) is 1.71. The first-order valence-electron chi connectivity index (χ1n) is 4.66. The van der Waals surface area contributed by atoms with Gasteiger partial charge in [-0.15, -0.1) is 12.4 Å². The minimum Gasteiger partial charge on any atom is -0.309 e. The summed E-state index contributed by atoms with van der Waals surface area (Å²) in [7, 11) is 0. The molecule has 0 saturated carbocycles. The largest absolute Gasteiger partial charge is 0.309 e. The SMILES string of the molecule is Cl.O=C1CCN[C@H](c2ccccc2)C1. The summed E-state index contributed by atoms with van der Waals surface area (Å²) in [4.78, 5) is 11.2. The number of hydrogen-bond acceptors (Lipinski definition) is 2. The van der Waals surface area contributed by atoms with Gasteiger partial charge in [0.1, 0.15) is 5.78 Å². The van der Waals surface area contributed by atoms with Gasteiger partial charge in [0, 0.05) is 25.4 Å². The standard InChI is InChI=1S/C11H13NO.ClH/c13-10-6-7-12-11(8-10)9-4-2-1-3-5-9;/h1-5,11-12H,6-8H2;1H/t11-;/m0./s1. The Hall–Kier alpha value is -0.860. The first kappa shape index (κ1) is 11.2. The minimum atomic E-state index is 0. The van der Waals surface area contributed by atoms with Crippen LogP contribution in [0.15, 0.2) is 30.3 Å². The highest BCUT2D eigenvalue weighted by atomic mass is 35.5. The van der Waals surface area contributed by atoms with Crippen molar-refractivity contribution in [1.29, 1.82) is 0 Å². The predicted octanol–water partition coefficient (Wildman–Crippen LogP) is 2.10. The molecular formula is C11H14ClNO. The van der Waals surface area contributed by atoms with Crippen LogP contribution in [0.1, 0.15) is 24.4 Å². The van der Waals surface area contributed by atoms with Crippen molar-refractivity contribution >= 4 is 18.2 Å².